The zero-order valence-electron chi connectivity index (χ0n) is 13.0. The van der Waals surface area contributed by atoms with Crippen LogP contribution in [-0.2, 0) is 0 Å². The van der Waals surface area contributed by atoms with E-state index in [9.17, 15) is 0 Å². The molecule has 1 N–H and O–H groups in total. The molecule has 0 aromatic carbocycles. The van der Waals surface area contributed by atoms with E-state index >= 15 is 0 Å². The van der Waals surface area contributed by atoms with E-state index < -0.39 is 0 Å². The van der Waals surface area contributed by atoms with E-state index in [0.717, 1.165) is 12.0 Å². The molecule has 108 valence electrons. The maximum atomic E-state index is 3.53. The number of hydrogen-bond acceptors (Lipinski definition) is 3. The summed E-state index contributed by atoms with van der Waals surface area (Å²) in [6.45, 7) is 7.36. The van der Waals surface area contributed by atoms with E-state index in [1.54, 1.807) is 0 Å². The van der Waals surface area contributed by atoms with Crippen LogP contribution >= 0.6 is 11.8 Å². The highest BCUT2D eigenvalue weighted by Crippen LogP contribution is 2.38. The van der Waals surface area contributed by atoms with Crippen molar-refractivity contribution in [3.63, 3.8) is 0 Å². The highest BCUT2D eigenvalue weighted by molar-refractivity contribution is 7.98. The minimum Gasteiger partial charge on any atom is -0.317 e. The molecule has 18 heavy (non-hydrogen) atoms. The Morgan fingerprint density at radius 1 is 1.39 bits per heavy atom. The summed E-state index contributed by atoms with van der Waals surface area (Å²) in [7, 11) is 4.42. The molecule has 1 fully saturated rings. The maximum Gasteiger partial charge on any atom is 0.0105 e. The Labute approximate surface area is 118 Å². The van der Waals surface area contributed by atoms with E-state index in [0.29, 0.717) is 5.41 Å². The molecule has 0 bridgehead atoms. The van der Waals surface area contributed by atoms with Crippen molar-refractivity contribution in [2.75, 3.05) is 39.2 Å². The summed E-state index contributed by atoms with van der Waals surface area (Å²) in [6.07, 6.45) is 7.59. The Kier molecular flexibility index (Phi) is 7.04. The zero-order chi connectivity index (χ0) is 13.6. The lowest BCUT2D eigenvalue weighted by atomic mass is 9.70. The van der Waals surface area contributed by atoms with Gasteiger partial charge in [-0.15, -0.1) is 0 Å². The molecule has 0 aromatic heterocycles. The molecule has 1 saturated carbocycles. The van der Waals surface area contributed by atoms with Crippen molar-refractivity contribution in [1.82, 2.24) is 10.2 Å². The zero-order valence-corrected chi connectivity index (χ0v) is 13.8. The van der Waals surface area contributed by atoms with Crippen molar-refractivity contribution < 1.29 is 0 Å². The lowest BCUT2D eigenvalue weighted by Crippen LogP contribution is -2.45. The van der Waals surface area contributed by atoms with Gasteiger partial charge in [-0.3, -0.25) is 0 Å². The van der Waals surface area contributed by atoms with Crippen molar-refractivity contribution in [1.29, 1.82) is 0 Å². The standard InChI is InChI=1S/C15H32N2S/c1-15(2)8-7-14(16-3)13(11-15)12-17(4)9-6-10-18-5/h13-14,16H,6-12H2,1-5H3. The van der Waals surface area contributed by atoms with Gasteiger partial charge in [0.15, 0.2) is 0 Å². The van der Waals surface area contributed by atoms with Crippen LogP contribution < -0.4 is 5.32 Å². The highest BCUT2D eigenvalue weighted by atomic mass is 32.2. The lowest BCUT2D eigenvalue weighted by Gasteiger charge is -2.42. The molecule has 0 spiro atoms. The van der Waals surface area contributed by atoms with E-state index in [-0.39, 0.29) is 0 Å². The van der Waals surface area contributed by atoms with Gasteiger partial charge in [-0.05, 0) is 69.7 Å². The van der Waals surface area contributed by atoms with Crippen LogP contribution in [-0.4, -0.2) is 50.1 Å². The van der Waals surface area contributed by atoms with Gasteiger partial charge in [-0.1, -0.05) is 13.8 Å². The summed E-state index contributed by atoms with van der Waals surface area (Å²) >= 11 is 1.96. The largest absolute Gasteiger partial charge is 0.317 e. The molecular formula is C15H32N2S. The Hall–Kier alpha value is 0.270. The van der Waals surface area contributed by atoms with Gasteiger partial charge in [-0.2, -0.15) is 11.8 Å². The third-order valence-electron chi connectivity index (χ3n) is 4.32. The fourth-order valence-electron chi connectivity index (χ4n) is 3.28. The van der Waals surface area contributed by atoms with Crippen LogP contribution in [0.15, 0.2) is 0 Å². The van der Waals surface area contributed by atoms with Crippen molar-refractivity contribution in [2.24, 2.45) is 11.3 Å². The van der Waals surface area contributed by atoms with E-state index in [1.165, 1.54) is 44.5 Å². The first-order valence-corrected chi connectivity index (χ1v) is 8.72. The fraction of sp³-hybridized carbons (Fsp3) is 1.00. The summed E-state index contributed by atoms with van der Waals surface area (Å²) < 4.78 is 0. The van der Waals surface area contributed by atoms with Crippen molar-refractivity contribution >= 4 is 11.8 Å². The SMILES string of the molecule is CNC1CCC(C)(C)CC1CN(C)CCCSC. The average Bonchev–Trinajstić information content (AvgIpc) is 2.28. The third kappa shape index (κ3) is 5.50. The molecule has 0 aromatic rings. The predicted molar refractivity (Wildman–Crippen MR) is 84.5 cm³/mol. The number of nitrogens with zero attached hydrogens (tertiary/aromatic N) is 1. The molecule has 2 atom stereocenters. The fourth-order valence-corrected chi connectivity index (χ4v) is 3.70. The van der Waals surface area contributed by atoms with Crippen LogP contribution in [0, 0.1) is 11.3 Å². The van der Waals surface area contributed by atoms with Gasteiger partial charge >= 0.3 is 0 Å². The molecular weight excluding hydrogens is 240 g/mol. The quantitative estimate of drug-likeness (QED) is 0.717. The van der Waals surface area contributed by atoms with Gasteiger partial charge < -0.3 is 10.2 Å². The summed E-state index contributed by atoms with van der Waals surface area (Å²) in [5.74, 6) is 2.11. The molecule has 1 rings (SSSR count). The Morgan fingerprint density at radius 2 is 2.11 bits per heavy atom. The second-order valence-corrected chi connectivity index (χ2v) is 7.66. The predicted octanol–water partition coefficient (Wildman–Crippen LogP) is 3.09. The summed E-state index contributed by atoms with van der Waals surface area (Å²) in [5.41, 5.74) is 0.540. The van der Waals surface area contributed by atoms with Gasteiger partial charge in [0.1, 0.15) is 0 Å². The first-order valence-electron chi connectivity index (χ1n) is 7.33. The van der Waals surface area contributed by atoms with Crippen molar-refractivity contribution in [3.05, 3.63) is 0 Å². The van der Waals surface area contributed by atoms with Gasteiger partial charge in [0.25, 0.3) is 0 Å². The average molecular weight is 273 g/mol. The molecule has 0 heterocycles. The summed E-state index contributed by atoms with van der Waals surface area (Å²) in [5, 5.41) is 3.53. The monoisotopic (exact) mass is 272 g/mol. The highest BCUT2D eigenvalue weighted by Gasteiger charge is 2.34. The van der Waals surface area contributed by atoms with Gasteiger partial charge in [0, 0.05) is 12.6 Å². The van der Waals surface area contributed by atoms with E-state index in [4.69, 9.17) is 0 Å². The van der Waals surface area contributed by atoms with Gasteiger partial charge in [0.2, 0.25) is 0 Å². The van der Waals surface area contributed by atoms with Crippen LogP contribution in [0.2, 0.25) is 0 Å². The molecule has 0 aliphatic heterocycles. The minimum atomic E-state index is 0.540. The minimum absolute atomic E-state index is 0.540. The first kappa shape index (κ1) is 16.3. The number of rotatable bonds is 7. The summed E-state index contributed by atoms with van der Waals surface area (Å²) in [4.78, 5) is 2.53. The van der Waals surface area contributed by atoms with Crippen molar-refractivity contribution in [3.8, 4) is 0 Å². The van der Waals surface area contributed by atoms with Crippen molar-refractivity contribution in [2.45, 2.75) is 45.6 Å². The van der Waals surface area contributed by atoms with E-state index in [1.807, 2.05) is 11.8 Å². The van der Waals surface area contributed by atoms with Gasteiger partial charge in [-0.25, -0.2) is 0 Å². The second kappa shape index (κ2) is 7.76. The van der Waals surface area contributed by atoms with Crippen LogP contribution in [0.1, 0.15) is 39.5 Å². The van der Waals surface area contributed by atoms with E-state index in [2.05, 4.69) is 44.4 Å². The molecule has 2 nitrogen and oxygen atoms in total. The number of hydrogen-bond donors (Lipinski definition) is 1. The van der Waals surface area contributed by atoms with Crippen LogP contribution in [0.5, 0.6) is 0 Å². The normalized spacial score (nSPS) is 27.7. The molecule has 0 amide bonds. The van der Waals surface area contributed by atoms with Crippen LogP contribution in [0.3, 0.4) is 0 Å². The first-order chi connectivity index (χ1) is 8.48. The molecule has 1 aliphatic carbocycles. The smallest absolute Gasteiger partial charge is 0.0105 e. The second-order valence-electron chi connectivity index (χ2n) is 6.67. The van der Waals surface area contributed by atoms with Gasteiger partial charge in [0.05, 0.1) is 0 Å². The Bertz CT molecular complexity index is 231. The maximum absolute atomic E-state index is 3.53. The molecule has 0 saturated heterocycles. The summed E-state index contributed by atoms with van der Waals surface area (Å²) in [6, 6.07) is 0.723. The number of nitrogens with one attached hydrogen (secondary N) is 1. The molecule has 2 unspecified atom stereocenters. The van der Waals surface area contributed by atoms with Crippen LogP contribution in [0.25, 0.3) is 0 Å². The van der Waals surface area contributed by atoms with Crippen LogP contribution in [0.4, 0.5) is 0 Å². The molecule has 1 aliphatic rings. The topological polar surface area (TPSA) is 15.3 Å². The molecule has 0 radical (unpaired) electrons. The Balaban J connectivity index is 2.40. The third-order valence-corrected chi connectivity index (χ3v) is 5.02. The lowest BCUT2D eigenvalue weighted by molar-refractivity contribution is 0.112. The molecule has 3 heteroatoms. The number of thioether (sulfide) groups is 1. The Morgan fingerprint density at radius 3 is 2.72 bits per heavy atom.